The van der Waals surface area contributed by atoms with E-state index in [-0.39, 0.29) is 0 Å². The Morgan fingerprint density at radius 2 is 2.31 bits per heavy atom. The molecular weight excluding hydrogens is 168 g/mol. The van der Waals surface area contributed by atoms with E-state index < -0.39 is 0 Å². The van der Waals surface area contributed by atoms with Crippen molar-refractivity contribution in [3.8, 4) is 0 Å². The summed E-state index contributed by atoms with van der Waals surface area (Å²) in [4.78, 5) is 11.1. The molecule has 64 valence electrons. The Bertz CT molecular complexity index is 485. The molecule has 0 unspecified atom stereocenters. The van der Waals surface area contributed by atoms with Crippen molar-refractivity contribution >= 4 is 22.5 Å². The van der Waals surface area contributed by atoms with E-state index >= 15 is 0 Å². The molecule has 2 aromatic heterocycles. The lowest BCUT2D eigenvalue weighted by molar-refractivity contribution is 1.01. The standard InChI is InChI=1S/C7H6N6/c1-4-5-6(8-1)10-2-11-7(5)13-12-3-9-4/h1-2,9H,3H2,(H,8,10,11). The number of anilines is 1. The number of nitrogens with one attached hydrogen (secondary N) is 2. The van der Waals surface area contributed by atoms with Gasteiger partial charge in [-0.05, 0) is 0 Å². The van der Waals surface area contributed by atoms with E-state index in [4.69, 9.17) is 0 Å². The van der Waals surface area contributed by atoms with Gasteiger partial charge in [0.15, 0.2) is 5.82 Å². The van der Waals surface area contributed by atoms with Crippen LogP contribution >= 0.6 is 0 Å². The first kappa shape index (κ1) is 6.53. The molecule has 0 aromatic carbocycles. The van der Waals surface area contributed by atoms with Crippen LogP contribution in [0.3, 0.4) is 0 Å². The summed E-state index contributed by atoms with van der Waals surface area (Å²) >= 11 is 0. The fraction of sp³-hybridized carbons (Fsp3) is 0.143. The van der Waals surface area contributed by atoms with Gasteiger partial charge < -0.3 is 10.3 Å². The van der Waals surface area contributed by atoms with Crippen molar-refractivity contribution < 1.29 is 0 Å². The molecule has 0 amide bonds. The van der Waals surface area contributed by atoms with Crippen molar-refractivity contribution in [2.45, 2.75) is 0 Å². The monoisotopic (exact) mass is 174 g/mol. The minimum absolute atomic E-state index is 0.476. The van der Waals surface area contributed by atoms with Gasteiger partial charge in [-0.1, -0.05) is 0 Å². The Morgan fingerprint density at radius 1 is 1.31 bits per heavy atom. The predicted octanol–water partition coefficient (Wildman–Crippen LogP) is 1.42. The zero-order valence-electron chi connectivity index (χ0n) is 6.65. The molecular formula is C7H6N6. The van der Waals surface area contributed by atoms with Crippen LogP contribution in [0.15, 0.2) is 22.8 Å². The fourth-order valence-corrected chi connectivity index (χ4v) is 1.38. The SMILES string of the molecule is c1nc2c3c(c[nH]c3n1)NCN=N2. The molecule has 0 spiro atoms. The van der Waals surface area contributed by atoms with Gasteiger partial charge in [-0.2, -0.15) is 5.11 Å². The summed E-state index contributed by atoms with van der Waals surface area (Å²) in [5.41, 5.74) is 1.74. The van der Waals surface area contributed by atoms with Crippen LogP contribution in [0.2, 0.25) is 0 Å². The molecule has 0 bridgehead atoms. The van der Waals surface area contributed by atoms with Crippen molar-refractivity contribution in [1.29, 1.82) is 0 Å². The van der Waals surface area contributed by atoms with E-state index in [2.05, 4.69) is 30.5 Å². The average molecular weight is 174 g/mol. The van der Waals surface area contributed by atoms with Crippen molar-refractivity contribution in [3.63, 3.8) is 0 Å². The van der Waals surface area contributed by atoms with Gasteiger partial charge in [0.2, 0.25) is 0 Å². The third-order valence-electron chi connectivity index (χ3n) is 1.96. The van der Waals surface area contributed by atoms with Gasteiger partial charge in [0.25, 0.3) is 0 Å². The number of aromatic amines is 1. The molecule has 1 aliphatic rings. The van der Waals surface area contributed by atoms with Gasteiger partial charge in [-0.25, -0.2) is 9.97 Å². The smallest absolute Gasteiger partial charge is 0.188 e. The summed E-state index contributed by atoms with van der Waals surface area (Å²) in [5.74, 6) is 0.617. The molecule has 2 aromatic rings. The van der Waals surface area contributed by atoms with Crippen molar-refractivity contribution in [1.82, 2.24) is 15.0 Å². The number of azo groups is 1. The Balaban J connectivity index is 2.48. The Kier molecular flexibility index (Phi) is 1.13. The largest absolute Gasteiger partial charge is 0.363 e. The molecule has 3 heterocycles. The molecule has 6 heteroatoms. The predicted molar refractivity (Wildman–Crippen MR) is 46.9 cm³/mol. The quantitative estimate of drug-likeness (QED) is 0.634. The van der Waals surface area contributed by atoms with Crippen molar-refractivity contribution in [2.24, 2.45) is 10.2 Å². The first-order valence-corrected chi connectivity index (χ1v) is 3.88. The molecule has 13 heavy (non-hydrogen) atoms. The zero-order chi connectivity index (χ0) is 8.67. The van der Waals surface area contributed by atoms with Gasteiger partial charge in [0.1, 0.15) is 18.6 Å². The molecule has 1 aliphatic heterocycles. The third-order valence-corrected chi connectivity index (χ3v) is 1.96. The van der Waals surface area contributed by atoms with E-state index in [1.54, 1.807) is 0 Å². The maximum Gasteiger partial charge on any atom is 0.188 e. The molecule has 6 nitrogen and oxygen atoms in total. The summed E-state index contributed by atoms with van der Waals surface area (Å²) < 4.78 is 0. The van der Waals surface area contributed by atoms with Gasteiger partial charge >= 0.3 is 0 Å². The second-order valence-electron chi connectivity index (χ2n) is 2.70. The van der Waals surface area contributed by atoms with Gasteiger partial charge in [-0.15, -0.1) is 5.11 Å². The van der Waals surface area contributed by atoms with Crippen LogP contribution in [-0.4, -0.2) is 21.6 Å². The minimum atomic E-state index is 0.476. The lowest BCUT2D eigenvalue weighted by Gasteiger charge is -1.95. The Hall–Kier alpha value is -1.98. The number of hydrogen-bond acceptors (Lipinski definition) is 5. The number of nitrogens with zero attached hydrogens (tertiary/aromatic N) is 4. The maximum absolute atomic E-state index is 4.08. The molecule has 0 saturated carbocycles. The topological polar surface area (TPSA) is 78.3 Å². The van der Waals surface area contributed by atoms with E-state index in [1.807, 2.05) is 6.20 Å². The van der Waals surface area contributed by atoms with Crippen LogP contribution in [-0.2, 0) is 0 Å². The summed E-state index contributed by atoms with van der Waals surface area (Å²) in [7, 11) is 0. The highest BCUT2D eigenvalue weighted by atomic mass is 15.2. The minimum Gasteiger partial charge on any atom is -0.363 e. The van der Waals surface area contributed by atoms with Gasteiger partial charge in [0.05, 0.1) is 11.1 Å². The number of aromatic nitrogens is 3. The van der Waals surface area contributed by atoms with E-state index in [1.165, 1.54) is 6.33 Å². The highest BCUT2D eigenvalue weighted by Gasteiger charge is 2.11. The number of H-pyrrole nitrogens is 1. The van der Waals surface area contributed by atoms with Crippen LogP contribution in [0.1, 0.15) is 0 Å². The summed E-state index contributed by atoms with van der Waals surface area (Å²) in [6.45, 7) is 0.476. The van der Waals surface area contributed by atoms with Crippen molar-refractivity contribution in [3.05, 3.63) is 12.5 Å². The van der Waals surface area contributed by atoms with Crippen LogP contribution in [0.5, 0.6) is 0 Å². The van der Waals surface area contributed by atoms with Crippen LogP contribution in [0, 0.1) is 0 Å². The molecule has 3 rings (SSSR count). The second kappa shape index (κ2) is 2.25. The van der Waals surface area contributed by atoms with E-state index in [9.17, 15) is 0 Å². The highest BCUT2D eigenvalue weighted by molar-refractivity contribution is 5.97. The van der Waals surface area contributed by atoms with Gasteiger partial charge in [0, 0.05) is 6.20 Å². The number of hydrogen-bond donors (Lipinski definition) is 2. The normalized spacial score (nSPS) is 14.2. The summed E-state index contributed by atoms with van der Waals surface area (Å²) in [6, 6.07) is 0. The maximum atomic E-state index is 4.08. The molecule has 0 aliphatic carbocycles. The van der Waals surface area contributed by atoms with Crippen LogP contribution in [0.25, 0.3) is 11.0 Å². The summed E-state index contributed by atoms with van der Waals surface area (Å²) in [5, 5.41) is 11.9. The second-order valence-corrected chi connectivity index (χ2v) is 2.70. The molecule has 0 fully saturated rings. The molecule has 0 radical (unpaired) electrons. The zero-order valence-corrected chi connectivity index (χ0v) is 6.65. The van der Waals surface area contributed by atoms with Crippen molar-refractivity contribution in [2.75, 3.05) is 12.0 Å². The average Bonchev–Trinajstić information content (AvgIpc) is 2.44. The lowest BCUT2D eigenvalue weighted by atomic mass is 10.3. The molecule has 0 saturated heterocycles. The fourth-order valence-electron chi connectivity index (χ4n) is 1.38. The highest BCUT2D eigenvalue weighted by Crippen LogP contribution is 2.30. The van der Waals surface area contributed by atoms with E-state index in [0.29, 0.717) is 12.5 Å². The molecule has 2 N–H and O–H groups in total. The lowest BCUT2D eigenvalue weighted by Crippen LogP contribution is -1.94. The first-order valence-electron chi connectivity index (χ1n) is 3.88. The number of rotatable bonds is 0. The molecule has 0 atom stereocenters. The summed E-state index contributed by atoms with van der Waals surface area (Å²) in [6.07, 6.45) is 3.32. The third kappa shape index (κ3) is 0.821. The van der Waals surface area contributed by atoms with E-state index in [0.717, 1.165) is 16.7 Å². The van der Waals surface area contributed by atoms with Crippen LogP contribution < -0.4 is 5.32 Å². The Labute approximate surface area is 73.1 Å². The van der Waals surface area contributed by atoms with Crippen LogP contribution in [0.4, 0.5) is 11.5 Å². The first-order chi connectivity index (χ1) is 6.45. The Morgan fingerprint density at radius 3 is 3.31 bits per heavy atom. The van der Waals surface area contributed by atoms with Gasteiger partial charge in [-0.3, -0.25) is 0 Å².